The van der Waals surface area contributed by atoms with Gasteiger partial charge in [-0.1, -0.05) is 12.1 Å². The largest absolute Gasteiger partial charge is 0.299 e. The Bertz CT molecular complexity index is 825. The number of halogens is 1. The first-order chi connectivity index (χ1) is 9.65. The fraction of sp³-hybridized carbons (Fsp3) is 0.133. The number of benzene rings is 1. The van der Waals surface area contributed by atoms with E-state index in [4.69, 9.17) is 0 Å². The summed E-state index contributed by atoms with van der Waals surface area (Å²) in [5.41, 5.74) is 2.91. The molecular formula is C15H12BrN3O. The molecule has 0 spiro atoms. The van der Waals surface area contributed by atoms with Crippen molar-refractivity contribution < 1.29 is 0 Å². The van der Waals surface area contributed by atoms with Crippen LogP contribution in [0.25, 0.3) is 11.0 Å². The Labute approximate surface area is 124 Å². The zero-order valence-corrected chi connectivity index (χ0v) is 12.5. The second kappa shape index (κ2) is 5.17. The Morgan fingerprint density at radius 2 is 2.00 bits per heavy atom. The molecule has 3 aromatic rings. The van der Waals surface area contributed by atoms with E-state index in [1.54, 1.807) is 17.7 Å². The summed E-state index contributed by atoms with van der Waals surface area (Å²) in [4.78, 5) is 21.0. The van der Waals surface area contributed by atoms with Crippen LogP contribution in [0.4, 0.5) is 0 Å². The number of nitrogens with zero attached hydrogens (tertiary/aromatic N) is 3. The lowest BCUT2D eigenvalue weighted by molar-refractivity contribution is 0.755. The molecule has 1 aromatic carbocycles. The van der Waals surface area contributed by atoms with Crippen LogP contribution in [0, 0.1) is 6.92 Å². The molecule has 0 amide bonds. The Kier molecular flexibility index (Phi) is 3.36. The van der Waals surface area contributed by atoms with Crippen LogP contribution in [0.5, 0.6) is 0 Å². The summed E-state index contributed by atoms with van der Waals surface area (Å²) in [7, 11) is 0. The van der Waals surface area contributed by atoms with Crippen LogP contribution < -0.4 is 5.56 Å². The van der Waals surface area contributed by atoms with Crippen molar-refractivity contribution in [2.75, 3.05) is 0 Å². The quantitative estimate of drug-likeness (QED) is 0.726. The van der Waals surface area contributed by atoms with E-state index in [0.29, 0.717) is 12.2 Å². The first kappa shape index (κ1) is 13.0. The monoisotopic (exact) mass is 329 g/mol. The van der Waals surface area contributed by atoms with Gasteiger partial charge in [-0.2, -0.15) is 0 Å². The van der Waals surface area contributed by atoms with E-state index >= 15 is 0 Å². The normalized spacial score (nSPS) is 10.9. The van der Waals surface area contributed by atoms with Crippen molar-refractivity contribution in [1.82, 2.24) is 14.5 Å². The molecule has 0 N–H and O–H groups in total. The third kappa shape index (κ3) is 2.36. The van der Waals surface area contributed by atoms with Gasteiger partial charge in [0.05, 0.1) is 23.3 Å². The topological polar surface area (TPSA) is 47.8 Å². The van der Waals surface area contributed by atoms with Gasteiger partial charge in [-0.15, -0.1) is 0 Å². The van der Waals surface area contributed by atoms with E-state index in [1.165, 1.54) is 0 Å². The van der Waals surface area contributed by atoms with Gasteiger partial charge >= 0.3 is 0 Å². The molecule has 0 radical (unpaired) electrons. The van der Waals surface area contributed by atoms with Crippen LogP contribution >= 0.6 is 15.9 Å². The molecule has 3 rings (SSSR count). The average molecular weight is 330 g/mol. The summed E-state index contributed by atoms with van der Waals surface area (Å²) in [6.45, 7) is 2.18. The molecule has 2 heterocycles. The van der Waals surface area contributed by atoms with E-state index in [2.05, 4.69) is 25.9 Å². The summed E-state index contributed by atoms with van der Waals surface area (Å²) in [6, 6.07) is 11.5. The number of fused-ring (bicyclic) bond motifs is 1. The first-order valence-electron chi connectivity index (χ1n) is 6.22. The minimum Gasteiger partial charge on any atom is -0.299 e. The van der Waals surface area contributed by atoms with Gasteiger partial charge in [0, 0.05) is 10.7 Å². The molecule has 0 bridgehead atoms. The lowest BCUT2D eigenvalue weighted by atomic mass is 10.2. The molecule has 4 nitrogen and oxygen atoms in total. The third-order valence-electron chi connectivity index (χ3n) is 3.12. The summed E-state index contributed by atoms with van der Waals surface area (Å²) >= 11 is 3.36. The maximum atomic E-state index is 12.3. The molecule has 0 fully saturated rings. The Hall–Kier alpha value is -2.01. The van der Waals surface area contributed by atoms with Crippen molar-refractivity contribution in [2.45, 2.75) is 13.5 Å². The highest BCUT2D eigenvalue weighted by Gasteiger charge is 2.08. The van der Waals surface area contributed by atoms with Crippen LogP contribution in [-0.4, -0.2) is 14.5 Å². The summed E-state index contributed by atoms with van der Waals surface area (Å²) in [5.74, 6) is 0. The number of rotatable bonds is 2. The smallest absolute Gasteiger partial charge is 0.272 e. The van der Waals surface area contributed by atoms with Crippen molar-refractivity contribution in [3.8, 4) is 0 Å². The van der Waals surface area contributed by atoms with Crippen LogP contribution in [0.3, 0.4) is 0 Å². The molecule has 0 atom stereocenters. The standard InChI is InChI=1S/C15H12BrN3O/c1-10-15(20)19(9-12-7-6-11(16)8-17-12)14-5-3-2-4-13(14)18-10/h2-8H,9H2,1H3. The van der Waals surface area contributed by atoms with Crippen LogP contribution in [0.2, 0.25) is 0 Å². The van der Waals surface area contributed by atoms with Crippen LogP contribution in [0.15, 0.2) is 51.9 Å². The van der Waals surface area contributed by atoms with Crippen molar-refractivity contribution in [2.24, 2.45) is 0 Å². The molecule has 0 aliphatic carbocycles. The maximum Gasteiger partial charge on any atom is 0.272 e. The molecule has 0 unspecified atom stereocenters. The number of para-hydroxylation sites is 2. The lowest BCUT2D eigenvalue weighted by Gasteiger charge is -2.10. The third-order valence-corrected chi connectivity index (χ3v) is 3.59. The highest BCUT2D eigenvalue weighted by atomic mass is 79.9. The predicted octanol–water partition coefficient (Wildman–Crippen LogP) is 2.91. The number of hydrogen-bond donors (Lipinski definition) is 0. The van der Waals surface area contributed by atoms with E-state index in [-0.39, 0.29) is 5.56 Å². The lowest BCUT2D eigenvalue weighted by Crippen LogP contribution is -2.24. The van der Waals surface area contributed by atoms with Gasteiger partial charge < -0.3 is 0 Å². The minimum absolute atomic E-state index is 0.0755. The van der Waals surface area contributed by atoms with Crippen molar-refractivity contribution in [3.05, 3.63) is 68.8 Å². The Morgan fingerprint density at radius 3 is 2.75 bits per heavy atom. The average Bonchev–Trinajstić information content (AvgIpc) is 2.46. The minimum atomic E-state index is -0.0755. The van der Waals surface area contributed by atoms with Gasteiger partial charge in [0.2, 0.25) is 0 Å². The molecule has 20 heavy (non-hydrogen) atoms. The molecule has 5 heteroatoms. The van der Waals surface area contributed by atoms with E-state index < -0.39 is 0 Å². The number of pyridine rings is 1. The van der Waals surface area contributed by atoms with Crippen molar-refractivity contribution in [1.29, 1.82) is 0 Å². The molecular weight excluding hydrogens is 318 g/mol. The second-order valence-electron chi connectivity index (χ2n) is 4.54. The van der Waals surface area contributed by atoms with Gasteiger partial charge in [0.15, 0.2) is 0 Å². The van der Waals surface area contributed by atoms with Gasteiger partial charge in [0.25, 0.3) is 5.56 Å². The Morgan fingerprint density at radius 1 is 1.20 bits per heavy atom. The summed E-state index contributed by atoms with van der Waals surface area (Å²) < 4.78 is 2.64. The number of aromatic nitrogens is 3. The SMILES string of the molecule is Cc1nc2ccccc2n(Cc2ccc(Br)cn2)c1=O. The highest BCUT2D eigenvalue weighted by molar-refractivity contribution is 9.10. The van der Waals surface area contributed by atoms with E-state index in [1.807, 2.05) is 36.4 Å². The molecule has 0 aliphatic heterocycles. The predicted molar refractivity (Wildman–Crippen MR) is 81.8 cm³/mol. The maximum absolute atomic E-state index is 12.3. The van der Waals surface area contributed by atoms with Gasteiger partial charge in [0.1, 0.15) is 5.69 Å². The van der Waals surface area contributed by atoms with Gasteiger partial charge in [-0.05, 0) is 47.1 Å². The van der Waals surface area contributed by atoms with Crippen LogP contribution in [0.1, 0.15) is 11.4 Å². The first-order valence-corrected chi connectivity index (χ1v) is 7.01. The molecule has 100 valence electrons. The van der Waals surface area contributed by atoms with Crippen molar-refractivity contribution in [3.63, 3.8) is 0 Å². The second-order valence-corrected chi connectivity index (χ2v) is 5.46. The molecule has 0 saturated heterocycles. The van der Waals surface area contributed by atoms with Crippen molar-refractivity contribution >= 4 is 27.0 Å². The number of aryl methyl sites for hydroxylation is 1. The molecule has 0 saturated carbocycles. The Balaban J connectivity index is 2.17. The van der Waals surface area contributed by atoms with E-state index in [9.17, 15) is 4.79 Å². The fourth-order valence-electron chi connectivity index (χ4n) is 2.14. The highest BCUT2D eigenvalue weighted by Crippen LogP contribution is 2.12. The summed E-state index contributed by atoms with van der Waals surface area (Å²) in [5, 5.41) is 0. The molecule has 0 aliphatic rings. The van der Waals surface area contributed by atoms with E-state index in [0.717, 1.165) is 21.2 Å². The van der Waals surface area contributed by atoms with Crippen LogP contribution in [-0.2, 0) is 6.54 Å². The van der Waals surface area contributed by atoms with Gasteiger partial charge in [-0.25, -0.2) is 4.98 Å². The zero-order valence-electron chi connectivity index (χ0n) is 10.9. The summed E-state index contributed by atoms with van der Waals surface area (Å²) in [6.07, 6.45) is 1.73. The fourth-order valence-corrected chi connectivity index (χ4v) is 2.37. The molecule has 2 aromatic heterocycles. The van der Waals surface area contributed by atoms with Gasteiger partial charge in [-0.3, -0.25) is 14.3 Å². The zero-order chi connectivity index (χ0) is 14.1. The number of hydrogen-bond acceptors (Lipinski definition) is 3.